The highest BCUT2D eigenvalue weighted by Crippen LogP contribution is 2.32. The Balaban J connectivity index is 1.87. The molecule has 0 saturated heterocycles. The zero-order valence-electron chi connectivity index (χ0n) is 19.9. The molecule has 1 unspecified atom stereocenters. The first-order chi connectivity index (χ1) is 15.9. The first kappa shape index (κ1) is 25.1. The average molecular weight is 488 g/mol. The van der Waals surface area contributed by atoms with Crippen LogP contribution in [0.3, 0.4) is 0 Å². The van der Waals surface area contributed by atoms with Gasteiger partial charge >= 0.3 is 12.1 Å². The molecule has 0 saturated carbocycles. The second kappa shape index (κ2) is 9.76. The zero-order valence-corrected chi connectivity index (χ0v) is 20.7. The summed E-state index contributed by atoms with van der Waals surface area (Å²) in [7, 11) is -3.14. The second-order valence-electron chi connectivity index (χ2n) is 8.47. The van der Waals surface area contributed by atoms with Crippen molar-refractivity contribution in [3.63, 3.8) is 0 Å². The Hall–Kier alpha value is -3.53. The molecule has 1 N–H and O–H groups in total. The molecule has 1 heterocycles. The third kappa shape index (κ3) is 6.07. The molecule has 3 aromatic rings. The number of hydrogen-bond donors (Lipinski definition) is 1. The first-order valence-corrected chi connectivity index (χ1v) is 12.5. The number of rotatable bonds is 7. The largest absolute Gasteiger partial charge is 0.462 e. The van der Waals surface area contributed by atoms with Crippen molar-refractivity contribution in [3.8, 4) is 11.5 Å². The van der Waals surface area contributed by atoms with E-state index in [1.807, 2.05) is 13.1 Å². The number of carbonyl (C=O) groups excluding carboxylic acids is 2. The molecule has 0 radical (unpaired) electrons. The molecule has 1 amide bonds. The highest BCUT2D eigenvalue weighted by molar-refractivity contribution is 7.99. The monoisotopic (exact) mass is 487 g/mol. The van der Waals surface area contributed by atoms with Crippen molar-refractivity contribution in [3.05, 3.63) is 48.2 Å². The third-order valence-corrected chi connectivity index (χ3v) is 6.08. The van der Waals surface area contributed by atoms with Crippen LogP contribution in [0.4, 0.5) is 4.79 Å². The van der Waals surface area contributed by atoms with Crippen molar-refractivity contribution in [1.29, 1.82) is 0 Å². The van der Waals surface area contributed by atoms with Gasteiger partial charge in [0.05, 0.1) is 32.8 Å². The molecule has 0 fully saturated rings. The summed E-state index contributed by atoms with van der Waals surface area (Å²) in [6.45, 7) is 9.73. The molecular formula is C24H29N3O6S. The molecule has 182 valence electrons. The minimum Gasteiger partial charge on any atom is -0.462 e. The van der Waals surface area contributed by atoms with Gasteiger partial charge in [-0.15, -0.1) is 0 Å². The van der Waals surface area contributed by atoms with Crippen molar-refractivity contribution in [2.75, 3.05) is 6.61 Å². The predicted molar refractivity (Wildman–Crippen MR) is 131 cm³/mol. The second-order valence-corrected chi connectivity index (χ2v) is 10.5. The topological polar surface area (TPSA) is 109 Å². The molecule has 0 spiro atoms. The Kier molecular flexibility index (Phi) is 7.21. The van der Waals surface area contributed by atoms with Crippen molar-refractivity contribution in [1.82, 2.24) is 14.5 Å². The fourth-order valence-corrected chi connectivity index (χ4v) is 4.07. The van der Waals surface area contributed by atoms with Gasteiger partial charge in [0.2, 0.25) is 0 Å². The molecule has 0 bridgehead atoms. The molecule has 34 heavy (non-hydrogen) atoms. The van der Waals surface area contributed by atoms with Crippen LogP contribution in [0.1, 0.15) is 45.0 Å². The summed E-state index contributed by atoms with van der Waals surface area (Å²) in [6.07, 6.45) is 1.01. The van der Waals surface area contributed by atoms with Crippen LogP contribution in [0.5, 0.6) is 11.5 Å². The summed E-state index contributed by atoms with van der Waals surface area (Å²) in [4.78, 5) is 24.6. The Bertz CT molecular complexity index is 1300. The molecule has 0 aliphatic carbocycles. The van der Waals surface area contributed by atoms with Gasteiger partial charge < -0.3 is 14.2 Å². The van der Waals surface area contributed by atoms with Gasteiger partial charge in [-0.1, -0.05) is 0 Å². The molecule has 0 aliphatic rings. The van der Waals surface area contributed by atoms with Gasteiger partial charge in [0.1, 0.15) is 17.1 Å². The van der Waals surface area contributed by atoms with Crippen LogP contribution in [-0.4, -0.2) is 44.1 Å². The number of fused-ring (bicyclic) bond motifs is 1. The molecule has 10 heteroatoms. The summed E-state index contributed by atoms with van der Waals surface area (Å²) >= 11 is 0. The molecule has 0 aliphatic heterocycles. The standard InChI is InChI=1S/C24H29N3O6S/c1-7-27-15-19-20(25-27)13-16(22(28)31-8-2)14-21(19)32-17-9-11-18(12-10-17)34(6,30)26-23(29)33-24(3,4)5/h9-15H,6-8H2,1-5H3,(H,26,29,30). The van der Waals surface area contributed by atoms with E-state index in [1.165, 1.54) is 0 Å². The normalized spacial score (nSPS) is 13.2. The first-order valence-electron chi connectivity index (χ1n) is 10.8. The molecule has 3 rings (SSSR count). The number of aromatic nitrogens is 2. The van der Waals surface area contributed by atoms with Crippen LogP contribution in [0.15, 0.2) is 47.5 Å². The van der Waals surface area contributed by atoms with Gasteiger partial charge in [0.25, 0.3) is 0 Å². The maximum absolute atomic E-state index is 12.9. The van der Waals surface area contributed by atoms with E-state index in [-0.39, 0.29) is 6.61 Å². The molecule has 1 aromatic heterocycles. The Morgan fingerprint density at radius 2 is 1.82 bits per heavy atom. The zero-order chi connectivity index (χ0) is 25.1. The van der Waals surface area contributed by atoms with E-state index in [1.54, 1.807) is 68.8 Å². The predicted octanol–water partition coefficient (Wildman–Crippen LogP) is 4.54. The van der Waals surface area contributed by atoms with Gasteiger partial charge in [-0.3, -0.25) is 4.68 Å². The van der Waals surface area contributed by atoms with Crippen molar-refractivity contribution in [2.45, 2.75) is 51.7 Å². The lowest BCUT2D eigenvalue weighted by Crippen LogP contribution is -2.36. The average Bonchev–Trinajstić information content (AvgIpc) is 3.16. The lowest BCUT2D eigenvalue weighted by molar-refractivity contribution is 0.0523. The summed E-state index contributed by atoms with van der Waals surface area (Å²) in [5.74, 6) is 4.03. The molecule has 1 atom stereocenters. The van der Waals surface area contributed by atoms with Gasteiger partial charge in [0.15, 0.2) is 0 Å². The lowest BCUT2D eigenvalue weighted by atomic mass is 10.1. The summed E-state index contributed by atoms with van der Waals surface area (Å²) in [5, 5.41) is 5.19. The van der Waals surface area contributed by atoms with Gasteiger partial charge in [-0.05, 0) is 76.9 Å². The number of nitrogens with zero attached hydrogens (tertiary/aromatic N) is 2. The summed E-state index contributed by atoms with van der Waals surface area (Å²) < 4.78 is 33.3. The van der Waals surface area contributed by atoms with E-state index in [0.29, 0.717) is 34.0 Å². The Morgan fingerprint density at radius 1 is 1.15 bits per heavy atom. The highest BCUT2D eigenvalue weighted by Gasteiger charge is 2.20. The van der Waals surface area contributed by atoms with Crippen LogP contribution >= 0.6 is 0 Å². The lowest BCUT2D eigenvalue weighted by Gasteiger charge is -2.21. The third-order valence-electron chi connectivity index (χ3n) is 4.55. The van der Waals surface area contributed by atoms with Gasteiger partial charge in [0, 0.05) is 17.6 Å². The number of benzene rings is 2. The SMILES string of the molecule is C=S(=O)(NC(=O)OC(C)(C)C)c1ccc(Oc2cc(C(=O)OCC)cc3nn(CC)cc23)cc1. The van der Waals surface area contributed by atoms with Crippen molar-refractivity contribution in [2.24, 2.45) is 0 Å². The number of carbonyl (C=O) groups is 2. The van der Waals surface area contributed by atoms with E-state index in [2.05, 4.69) is 15.7 Å². The molecule has 2 aromatic carbocycles. The molecular weight excluding hydrogens is 458 g/mol. The number of amides is 1. The number of nitrogens with one attached hydrogen (secondary N) is 1. The smallest absolute Gasteiger partial charge is 0.419 e. The quantitative estimate of drug-likeness (QED) is 0.385. The van der Waals surface area contributed by atoms with Crippen LogP contribution in [0.25, 0.3) is 10.9 Å². The van der Waals surface area contributed by atoms with E-state index in [9.17, 15) is 13.8 Å². The van der Waals surface area contributed by atoms with E-state index in [0.717, 1.165) is 5.39 Å². The van der Waals surface area contributed by atoms with Crippen LogP contribution in [0, 0.1) is 0 Å². The number of hydrogen-bond acceptors (Lipinski definition) is 7. The van der Waals surface area contributed by atoms with Gasteiger partial charge in [-0.2, -0.15) is 5.10 Å². The summed E-state index contributed by atoms with van der Waals surface area (Å²) in [6, 6.07) is 9.56. The maximum Gasteiger partial charge on any atom is 0.419 e. The maximum atomic E-state index is 12.9. The number of aryl methyl sites for hydroxylation is 1. The van der Waals surface area contributed by atoms with E-state index < -0.39 is 27.4 Å². The fraction of sp³-hybridized carbons (Fsp3) is 0.333. The van der Waals surface area contributed by atoms with Crippen LogP contribution in [-0.2, 0) is 25.7 Å². The highest BCUT2D eigenvalue weighted by atomic mass is 32.2. The Morgan fingerprint density at radius 3 is 2.41 bits per heavy atom. The van der Waals surface area contributed by atoms with E-state index in [4.69, 9.17) is 14.2 Å². The van der Waals surface area contributed by atoms with Crippen LogP contribution in [0.2, 0.25) is 0 Å². The van der Waals surface area contributed by atoms with Crippen molar-refractivity contribution >= 4 is 38.5 Å². The van der Waals surface area contributed by atoms with E-state index >= 15 is 0 Å². The van der Waals surface area contributed by atoms with Crippen molar-refractivity contribution < 1.29 is 28.0 Å². The minimum atomic E-state index is -3.14. The number of esters is 1. The summed E-state index contributed by atoms with van der Waals surface area (Å²) in [5.41, 5.74) is 0.192. The van der Waals surface area contributed by atoms with Crippen LogP contribution < -0.4 is 9.46 Å². The van der Waals surface area contributed by atoms with Gasteiger partial charge in [-0.25, -0.2) is 18.5 Å². The number of ether oxygens (including phenoxy) is 3. The fourth-order valence-electron chi connectivity index (χ4n) is 3.07. The molecule has 9 nitrogen and oxygen atoms in total. The minimum absolute atomic E-state index is 0.250. The Labute approximate surface area is 199 Å².